The normalized spacial score (nSPS) is 11.5. The number of ether oxygens (including phenoxy) is 1. The average molecular weight is 471 g/mol. The fourth-order valence-electron chi connectivity index (χ4n) is 3.94. The Bertz CT molecular complexity index is 1660. The Kier molecular flexibility index (Phi) is 4.68. The highest BCUT2D eigenvalue weighted by molar-refractivity contribution is 7.22. The lowest BCUT2D eigenvalue weighted by atomic mass is 10.1. The molecule has 7 nitrogen and oxygen atoms in total. The third-order valence-corrected chi connectivity index (χ3v) is 6.86. The Morgan fingerprint density at radius 2 is 2.00 bits per heavy atom. The first-order valence-electron chi connectivity index (χ1n) is 9.52. The van der Waals surface area contributed by atoms with E-state index < -0.39 is 17.1 Å². The maximum Gasteiger partial charge on any atom is 0.333 e. The lowest BCUT2D eigenvalue weighted by Gasteiger charge is -2.07. The molecule has 1 aromatic carbocycles. The van der Waals surface area contributed by atoms with Crippen molar-refractivity contribution >= 4 is 44.1 Å². The largest absolute Gasteiger partial charge is 0.494 e. The van der Waals surface area contributed by atoms with Crippen LogP contribution in [0.4, 0.5) is 4.39 Å². The highest BCUT2D eigenvalue weighted by Crippen LogP contribution is 2.38. The molecule has 4 heterocycles. The molecule has 0 spiro atoms. The maximum absolute atomic E-state index is 14.0. The van der Waals surface area contributed by atoms with Crippen LogP contribution in [0.2, 0.25) is 5.02 Å². The van der Waals surface area contributed by atoms with Crippen LogP contribution in [0.25, 0.3) is 37.2 Å². The molecule has 162 valence electrons. The molecule has 5 rings (SSSR count). The summed E-state index contributed by atoms with van der Waals surface area (Å²) in [5.41, 5.74) is 1.97. The van der Waals surface area contributed by atoms with E-state index in [0.29, 0.717) is 26.3 Å². The van der Waals surface area contributed by atoms with Gasteiger partial charge in [-0.15, -0.1) is 11.3 Å². The summed E-state index contributed by atoms with van der Waals surface area (Å²) in [5, 5.41) is 0.948. The van der Waals surface area contributed by atoms with Crippen LogP contribution < -0.4 is 16.0 Å². The van der Waals surface area contributed by atoms with Crippen molar-refractivity contribution < 1.29 is 9.13 Å². The second-order valence-electron chi connectivity index (χ2n) is 7.37. The van der Waals surface area contributed by atoms with Crippen LogP contribution in [0.3, 0.4) is 0 Å². The molecule has 0 saturated heterocycles. The summed E-state index contributed by atoms with van der Waals surface area (Å²) in [6.07, 6.45) is 5.12. The topological polar surface area (TPSA) is 81.9 Å². The molecule has 0 aliphatic rings. The zero-order valence-electron chi connectivity index (χ0n) is 17.2. The third kappa shape index (κ3) is 2.96. The monoisotopic (exact) mass is 470 g/mol. The van der Waals surface area contributed by atoms with E-state index in [1.54, 1.807) is 12.3 Å². The number of rotatable bonds is 3. The van der Waals surface area contributed by atoms with Crippen LogP contribution in [0.5, 0.6) is 5.75 Å². The zero-order valence-corrected chi connectivity index (χ0v) is 18.8. The number of benzene rings is 1. The molecule has 0 saturated carbocycles. The highest BCUT2D eigenvalue weighted by Gasteiger charge is 2.19. The predicted octanol–water partition coefficient (Wildman–Crippen LogP) is 4.40. The molecule has 0 fully saturated rings. The standard InChI is InChI=1S/C22H16ClFN4O3S/c1-10-9-27(2)15-7-25-8-16(19(10)15)28-21(29)20-14(26-22(28)30)6-18(32-20)11-4-17(31-3)13(24)5-12(11)23/h4-9H,1-3H3,(H,26,30). The van der Waals surface area contributed by atoms with Crippen molar-refractivity contribution in [2.75, 3.05) is 7.11 Å². The van der Waals surface area contributed by atoms with Gasteiger partial charge in [0.05, 0.1) is 41.2 Å². The predicted molar refractivity (Wildman–Crippen MR) is 124 cm³/mol. The first kappa shape index (κ1) is 20.5. The van der Waals surface area contributed by atoms with Gasteiger partial charge in [0, 0.05) is 29.1 Å². The summed E-state index contributed by atoms with van der Waals surface area (Å²) in [7, 11) is 3.24. The summed E-state index contributed by atoms with van der Waals surface area (Å²) >= 11 is 7.41. The van der Waals surface area contributed by atoms with Crippen molar-refractivity contribution in [1.29, 1.82) is 0 Å². The van der Waals surface area contributed by atoms with Gasteiger partial charge < -0.3 is 14.3 Å². The zero-order chi connectivity index (χ0) is 22.7. The molecule has 5 aromatic rings. The van der Waals surface area contributed by atoms with Gasteiger partial charge in [-0.25, -0.2) is 13.8 Å². The number of aryl methyl sites for hydroxylation is 2. The van der Waals surface area contributed by atoms with Gasteiger partial charge in [-0.3, -0.25) is 9.78 Å². The Balaban J connectivity index is 1.78. The molecule has 0 unspecified atom stereocenters. The first-order chi connectivity index (χ1) is 15.3. The van der Waals surface area contributed by atoms with Crippen molar-refractivity contribution in [3.05, 3.63) is 74.0 Å². The van der Waals surface area contributed by atoms with Crippen molar-refractivity contribution in [2.24, 2.45) is 7.05 Å². The molecule has 0 atom stereocenters. The van der Waals surface area contributed by atoms with E-state index in [4.69, 9.17) is 16.3 Å². The van der Waals surface area contributed by atoms with Crippen LogP contribution in [-0.2, 0) is 7.05 Å². The molecule has 0 amide bonds. The van der Waals surface area contributed by atoms with Gasteiger partial charge in [-0.2, -0.15) is 0 Å². The van der Waals surface area contributed by atoms with E-state index in [2.05, 4.69) is 9.97 Å². The number of fused-ring (bicyclic) bond motifs is 2. The molecular weight excluding hydrogens is 455 g/mol. The second kappa shape index (κ2) is 7.32. The number of nitrogens with one attached hydrogen (secondary N) is 1. The molecule has 0 bridgehead atoms. The summed E-state index contributed by atoms with van der Waals surface area (Å²) in [5.74, 6) is -0.554. The summed E-state index contributed by atoms with van der Waals surface area (Å²) in [6, 6.07) is 4.28. The fourth-order valence-corrected chi connectivity index (χ4v) is 5.32. The summed E-state index contributed by atoms with van der Waals surface area (Å²) in [6.45, 7) is 1.91. The number of pyridine rings is 1. The van der Waals surface area contributed by atoms with Crippen LogP contribution >= 0.6 is 22.9 Å². The molecule has 0 aliphatic heterocycles. The Labute approximate surface area is 189 Å². The minimum atomic E-state index is -0.586. The number of halogens is 2. The quantitative estimate of drug-likeness (QED) is 0.423. The molecular formula is C22H16ClFN4O3S. The van der Waals surface area contributed by atoms with Crippen molar-refractivity contribution in [2.45, 2.75) is 6.92 Å². The van der Waals surface area contributed by atoms with Gasteiger partial charge in [-0.05, 0) is 30.7 Å². The van der Waals surface area contributed by atoms with E-state index in [1.165, 1.54) is 19.4 Å². The van der Waals surface area contributed by atoms with E-state index >= 15 is 0 Å². The third-order valence-electron chi connectivity index (χ3n) is 5.39. The van der Waals surface area contributed by atoms with E-state index in [-0.39, 0.29) is 10.8 Å². The number of hydrogen-bond donors (Lipinski definition) is 1. The fraction of sp³-hybridized carbons (Fsp3) is 0.136. The van der Waals surface area contributed by atoms with E-state index in [1.807, 2.05) is 24.7 Å². The van der Waals surface area contributed by atoms with Gasteiger partial charge in [-0.1, -0.05) is 11.6 Å². The Morgan fingerprint density at radius 3 is 2.75 bits per heavy atom. The molecule has 10 heteroatoms. The Morgan fingerprint density at radius 1 is 1.22 bits per heavy atom. The minimum absolute atomic E-state index is 0.0325. The van der Waals surface area contributed by atoms with Crippen LogP contribution in [-0.4, -0.2) is 26.2 Å². The number of hydrogen-bond acceptors (Lipinski definition) is 5. The lowest BCUT2D eigenvalue weighted by molar-refractivity contribution is 0.387. The van der Waals surface area contributed by atoms with Crippen LogP contribution in [0.1, 0.15) is 5.56 Å². The van der Waals surface area contributed by atoms with Gasteiger partial charge in [0.15, 0.2) is 11.6 Å². The maximum atomic E-state index is 14.0. The SMILES string of the molecule is COc1cc(-c2cc3[nH]c(=O)n(-c4cncc5c4c(C)cn5C)c(=O)c3s2)c(Cl)cc1F. The molecule has 1 N–H and O–H groups in total. The van der Waals surface area contributed by atoms with Gasteiger partial charge in [0.2, 0.25) is 0 Å². The number of H-pyrrole nitrogens is 1. The van der Waals surface area contributed by atoms with Crippen LogP contribution in [0.15, 0.2) is 46.4 Å². The molecule has 0 radical (unpaired) electrons. The molecule has 0 aliphatic carbocycles. The van der Waals surface area contributed by atoms with Crippen molar-refractivity contribution in [3.63, 3.8) is 0 Å². The molecule has 4 aromatic heterocycles. The number of methoxy groups -OCH3 is 1. The van der Waals surface area contributed by atoms with Crippen molar-refractivity contribution in [3.8, 4) is 21.9 Å². The van der Waals surface area contributed by atoms with Gasteiger partial charge in [0.1, 0.15) is 4.70 Å². The second-order valence-corrected chi connectivity index (χ2v) is 8.83. The summed E-state index contributed by atoms with van der Waals surface area (Å²) in [4.78, 5) is 34.0. The highest BCUT2D eigenvalue weighted by atomic mass is 35.5. The summed E-state index contributed by atoms with van der Waals surface area (Å²) < 4.78 is 22.3. The van der Waals surface area contributed by atoms with Crippen LogP contribution in [0, 0.1) is 12.7 Å². The number of aromatic nitrogens is 4. The average Bonchev–Trinajstić information content (AvgIpc) is 3.29. The van der Waals surface area contributed by atoms with E-state index in [9.17, 15) is 14.0 Å². The number of aromatic amines is 1. The minimum Gasteiger partial charge on any atom is -0.494 e. The molecule has 32 heavy (non-hydrogen) atoms. The van der Waals surface area contributed by atoms with Crippen molar-refractivity contribution in [1.82, 2.24) is 19.1 Å². The van der Waals surface area contributed by atoms with Gasteiger partial charge in [0.25, 0.3) is 5.56 Å². The number of thiophene rings is 1. The van der Waals surface area contributed by atoms with Gasteiger partial charge >= 0.3 is 5.69 Å². The Hall–Kier alpha value is -3.43. The smallest absolute Gasteiger partial charge is 0.333 e. The first-order valence-corrected chi connectivity index (χ1v) is 10.7. The van der Waals surface area contributed by atoms with E-state index in [0.717, 1.165) is 38.4 Å². The number of nitrogens with zero attached hydrogens (tertiary/aromatic N) is 3. The lowest BCUT2D eigenvalue weighted by Crippen LogP contribution is -2.33.